The number of ketones is 1. The topological polar surface area (TPSA) is 79.5 Å². The number of fused-ring (bicyclic) bond motifs is 1. The molecule has 2 aromatic carbocycles. The van der Waals surface area contributed by atoms with Crippen molar-refractivity contribution < 1.29 is 9.59 Å². The van der Waals surface area contributed by atoms with E-state index in [9.17, 15) is 9.59 Å². The summed E-state index contributed by atoms with van der Waals surface area (Å²) >= 11 is 0. The van der Waals surface area contributed by atoms with Crippen LogP contribution in [0.25, 0.3) is 10.8 Å². The van der Waals surface area contributed by atoms with Gasteiger partial charge in [-0.25, -0.2) is 0 Å². The molecule has 2 N–H and O–H groups in total. The average Bonchev–Trinajstić information content (AvgIpc) is 2.76. The lowest BCUT2D eigenvalue weighted by atomic mass is 10.0. The minimum Gasteiger partial charge on any atom is -0.365 e. The van der Waals surface area contributed by atoms with Crippen molar-refractivity contribution in [2.24, 2.45) is 5.73 Å². The Morgan fingerprint density at radius 3 is 2.50 bits per heavy atom. The standard InChI is InChI=1S/C24H28N4O2/c1-18(29)19-7-8-21-15-23(10-9-20(21)14-19)27(2)17-24(30)28(13-5-11-25)16-22-6-3-4-12-26-22/h3-4,6-10,12,14-15H,5,11,13,16-17,25H2,1-2H3. The molecule has 0 atom stereocenters. The highest BCUT2D eigenvalue weighted by molar-refractivity contribution is 5.99. The van der Waals surface area contributed by atoms with Crippen molar-refractivity contribution in [2.45, 2.75) is 19.9 Å². The van der Waals surface area contributed by atoms with Gasteiger partial charge in [0.25, 0.3) is 0 Å². The van der Waals surface area contributed by atoms with Gasteiger partial charge in [-0.1, -0.05) is 24.3 Å². The molecule has 0 saturated heterocycles. The van der Waals surface area contributed by atoms with Crippen LogP contribution in [0, 0.1) is 0 Å². The van der Waals surface area contributed by atoms with Gasteiger partial charge >= 0.3 is 0 Å². The molecule has 0 aliphatic rings. The van der Waals surface area contributed by atoms with E-state index >= 15 is 0 Å². The number of hydrogen-bond donors (Lipinski definition) is 1. The number of carbonyl (C=O) groups is 2. The minimum absolute atomic E-state index is 0.0311. The molecule has 0 fully saturated rings. The quantitative estimate of drug-likeness (QED) is 0.554. The fraction of sp³-hybridized carbons (Fsp3) is 0.292. The highest BCUT2D eigenvalue weighted by atomic mass is 16.2. The lowest BCUT2D eigenvalue weighted by molar-refractivity contribution is -0.130. The number of pyridine rings is 1. The monoisotopic (exact) mass is 404 g/mol. The Hall–Kier alpha value is -3.25. The van der Waals surface area contributed by atoms with Gasteiger partial charge in [-0.2, -0.15) is 0 Å². The van der Waals surface area contributed by atoms with Crippen molar-refractivity contribution in [2.75, 3.05) is 31.6 Å². The van der Waals surface area contributed by atoms with Gasteiger partial charge in [-0.15, -0.1) is 0 Å². The maximum Gasteiger partial charge on any atom is 0.242 e. The number of nitrogens with zero attached hydrogens (tertiary/aromatic N) is 3. The van der Waals surface area contributed by atoms with E-state index in [1.54, 1.807) is 13.1 Å². The van der Waals surface area contributed by atoms with Crippen molar-refractivity contribution in [3.8, 4) is 0 Å². The Bertz CT molecular complexity index is 1020. The molecule has 3 aromatic rings. The maximum atomic E-state index is 13.0. The van der Waals surface area contributed by atoms with Gasteiger partial charge in [0.2, 0.25) is 5.91 Å². The molecule has 156 valence electrons. The van der Waals surface area contributed by atoms with Crippen LogP contribution in [0.4, 0.5) is 5.69 Å². The first-order valence-electron chi connectivity index (χ1n) is 10.1. The Kier molecular flexibility index (Phi) is 7.14. The molecular weight excluding hydrogens is 376 g/mol. The molecule has 0 aliphatic carbocycles. The third kappa shape index (κ3) is 5.42. The van der Waals surface area contributed by atoms with E-state index in [4.69, 9.17) is 5.73 Å². The lowest BCUT2D eigenvalue weighted by Gasteiger charge is -2.26. The summed E-state index contributed by atoms with van der Waals surface area (Å²) in [4.78, 5) is 32.7. The zero-order valence-electron chi connectivity index (χ0n) is 17.5. The first-order valence-corrected chi connectivity index (χ1v) is 10.1. The van der Waals surface area contributed by atoms with E-state index in [1.165, 1.54) is 0 Å². The Morgan fingerprint density at radius 2 is 1.80 bits per heavy atom. The predicted octanol–water partition coefficient (Wildman–Crippen LogP) is 3.25. The molecule has 1 amide bonds. The first kappa shape index (κ1) is 21.5. The molecule has 0 unspecified atom stereocenters. The highest BCUT2D eigenvalue weighted by Crippen LogP contribution is 2.23. The number of hydrogen-bond acceptors (Lipinski definition) is 5. The molecule has 0 spiro atoms. The molecule has 0 radical (unpaired) electrons. The molecule has 30 heavy (non-hydrogen) atoms. The number of rotatable bonds is 9. The van der Waals surface area contributed by atoms with E-state index in [2.05, 4.69) is 4.98 Å². The minimum atomic E-state index is 0.0311. The number of amides is 1. The second kappa shape index (κ2) is 9.98. The number of Topliss-reactive ketones (excluding diaryl/α,β-unsaturated/α-hetero) is 1. The largest absolute Gasteiger partial charge is 0.365 e. The fourth-order valence-corrected chi connectivity index (χ4v) is 3.35. The Balaban J connectivity index is 1.73. The van der Waals surface area contributed by atoms with Crippen LogP contribution in [0.2, 0.25) is 0 Å². The maximum absolute atomic E-state index is 13.0. The lowest BCUT2D eigenvalue weighted by Crippen LogP contribution is -2.39. The van der Waals surface area contributed by atoms with Crippen LogP contribution in [-0.2, 0) is 11.3 Å². The summed E-state index contributed by atoms with van der Waals surface area (Å²) in [5.41, 5.74) is 8.16. The summed E-state index contributed by atoms with van der Waals surface area (Å²) in [6, 6.07) is 17.4. The van der Waals surface area contributed by atoms with E-state index in [1.807, 2.05) is 71.4 Å². The number of benzene rings is 2. The molecule has 1 heterocycles. The Morgan fingerprint density at radius 1 is 1.03 bits per heavy atom. The first-order chi connectivity index (χ1) is 14.5. The van der Waals surface area contributed by atoms with E-state index in [0.717, 1.165) is 28.6 Å². The smallest absolute Gasteiger partial charge is 0.242 e. The van der Waals surface area contributed by atoms with Gasteiger partial charge in [0.15, 0.2) is 5.78 Å². The second-order valence-electron chi connectivity index (χ2n) is 7.44. The van der Waals surface area contributed by atoms with E-state index in [-0.39, 0.29) is 18.2 Å². The van der Waals surface area contributed by atoms with Gasteiger partial charge in [0, 0.05) is 31.0 Å². The van der Waals surface area contributed by atoms with Crippen LogP contribution < -0.4 is 10.6 Å². The molecule has 3 rings (SSSR count). The Labute approximate surface area is 177 Å². The van der Waals surface area contributed by atoms with Crippen LogP contribution >= 0.6 is 0 Å². The van der Waals surface area contributed by atoms with Gasteiger partial charge in [-0.05, 0) is 61.0 Å². The summed E-state index contributed by atoms with van der Waals surface area (Å²) < 4.78 is 0. The molecule has 1 aromatic heterocycles. The van der Waals surface area contributed by atoms with Gasteiger partial charge in [0.1, 0.15) is 0 Å². The highest BCUT2D eigenvalue weighted by Gasteiger charge is 2.17. The van der Waals surface area contributed by atoms with Crippen LogP contribution in [0.5, 0.6) is 0 Å². The zero-order valence-corrected chi connectivity index (χ0v) is 17.5. The van der Waals surface area contributed by atoms with E-state index < -0.39 is 0 Å². The molecule has 0 aliphatic heterocycles. The van der Waals surface area contributed by atoms with E-state index in [0.29, 0.717) is 25.2 Å². The third-order valence-corrected chi connectivity index (χ3v) is 5.11. The van der Waals surface area contributed by atoms with Crippen molar-refractivity contribution in [1.82, 2.24) is 9.88 Å². The van der Waals surface area contributed by atoms with Crippen molar-refractivity contribution in [3.05, 3.63) is 72.1 Å². The van der Waals surface area contributed by atoms with Crippen molar-refractivity contribution in [1.29, 1.82) is 0 Å². The zero-order chi connectivity index (χ0) is 21.5. The normalized spacial score (nSPS) is 10.8. The van der Waals surface area contributed by atoms with Crippen LogP contribution in [0.1, 0.15) is 29.4 Å². The molecular formula is C24H28N4O2. The molecule has 0 bridgehead atoms. The second-order valence-corrected chi connectivity index (χ2v) is 7.44. The number of nitrogens with two attached hydrogens (primary N) is 1. The number of anilines is 1. The van der Waals surface area contributed by atoms with Crippen LogP contribution in [0.15, 0.2) is 60.8 Å². The predicted molar refractivity (Wildman–Crippen MR) is 121 cm³/mol. The van der Waals surface area contributed by atoms with Crippen LogP contribution in [-0.4, -0.2) is 48.3 Å². The summed E-state index contributed by atoms with van der Waals surface area (Å²) in [6.07, 6.45) is 2.48. The average molecular weight is 405 g/mol. The molecule has 0 saturated carbocycles. The van der Waals surface area contributed by atoms with Crippen molar-refractivity contribution >= 4 is 28.2 Å². The molecule has 6 heteroatoms. The summed E-state index contributed by atoms with van der Waals surface area (Å²) in [5, 5.41) is 2.04. The summed E-state index contributed by atoms with van der Waals surface area (Å²) in [5.74, 6) is 0.0813. The third-order valence-electron chi connectivity index (χ3n) is 5.11. The van der Waals surface area contributed by atoms with Gasteiger partial charge in [0.05, 0.1) is 18.8 Å². The molecule has 6 nitrogen and oxygen atoms in total. The number of aromatic nitrogens is 1. The number of likely N-dealkylation sites (N-methyl/N-ethyl adjacent to an activating group) is 1. The summed E-state index contributed by atoms with van der Waals surface area (Å²) in [6.45, 7) is 3.43. The summed E-state index contributed by atoms with van der Waals surface area (Å²) in [7, 11) is 1.91. The van der Waals surface area contributed by atoms with Gasteiger partial charge < -0.3 is 15.5 Å². The van der Waals surface area contributed by atoms with Gasteiger partial charge in [-0.3, -0.25) is 14.6 Å². The number of carbonyl (C=O) groups excluding carboxylic acids is 2. The van der Waals surface area contributed by atoms with Crippen molar-refractivity contribution in [3.63, 3.8) is 0 Å². The SMILES string of the molecule is CC(=O)c1ccc2cc(N(C)CC(=O)N(CCCN)Cc3ccccn3)ccc2c1. The van der Waals surface area contributed by atoms with Crippen LogP contribution in [0.3, 0.4) is 0 Å². The fourth-order valence-electron chi connectivity index (χ4n) is 3.35.